The summed E-state index contributed by atoms with van der Waals surface area (Å²) in [6.07, 6.45) is 2.26. The predicted molar refractivity (Wildman–Crippen MR) is 266 cm³/mol. The van der Waals surface area contributed by atoms with Crippen molar-refractivity contribution in [3.8, 4) is 5.75 Å². The summed E-state index contributed by atoms with van der Waals surface area (Å²) < 4.78 is 39.4. The van der Waals surface area contributed by atoms with Crippen LogP contribution in [0.2, 0.25) is 0 Å². The van der Waals surface area contributed by atoms with Crippen LogP contribution in [0.25, 0.3) is 0 Å². The van der Waals surface area contributed by atoms with E-state index in [9.17, 15) is 44.2 Å². The number of carboxylic acids is 2. The molecule has 1 fully saturated rings. The van der Waals surface area contributed by atoms with E-state index in [1.807, 2.05) is 43.0 Å². The number of amides is 4. The normalized spacial score (nSPS) is 18.7. The molecule has 0 saturated carbocycles. The molecule has 24 heteroatoms. The molecular formula is C49H84N8O16. The summed E-state index contributed by atoms with van der Waals surface area (Å²) in [7, 11) is 0. The molecule has 3 aliphatic heterocycles. The molecular weight excluding hydrogens is 957 g/mol. The summed E-state index contributed by atoms with van der Waals surface area (Å²) >= 11 is 0. The van der Waals surface area contributed by atoms with Crippen LogP contribution in [0.3, 0.4) is 0 Å². The molecule has 24 nitrogen and oxygen atoms in total. The Balaban J connectivity index is 1.12. The standard InChI is InChI=1S/C49H84N8O16/c1-38(2)33-42-41(48(64)54-66)5-3-21-73-40-8-6-39(7-9-40)34-43(53-47(42)63)49(65)52-13-24-70-28-32-72-30-26-68-22-11-50-10-4-20-67-25-29-71-31-27-69-23-12-51-44(58)35-55-14-16-56(36-45(59)60)18-19-57(17-15-55)37-46(61)62/h6-9,38,41-43,50,66H,3-5,10-37H2,1-2H3,(H,51,58)(H,52,65)(H,53,63)(H,54,64)(H,59,60)(H,61,62)/t41-,42+,43-/m0/s1. The van der Waals surface area contributed by atoms with Crippen molar-refractivity contribution in [2.45, 2.75) is 52.0 Å². The number of ether oxygens (including phenoxy) is 7. The number of carbonyl (C=O) groups is 6. The highest BCUT2D eigenvalue weighted by atomic mass is 16.5. The number of nitrogens with zero attached hydrogens (tertiary/aromatic N) is 3. The zero-order valence-corrected chi connectivity index (χ0v) is 43.0. The van der Waals surface area contributed by atoms with E-state index < -0.39 is 41.6 Å². The molecule has 0 aromatic heterocycles. The maximum absolute atomic E-state index is 13.7. The zero-order valence-electron chi connectivity index (χ0n) is 43.0. The van der Waals surface area contributed by atoms with Gasteiger partial charge in [-0.3, -0.25) is 48.7 Å². The first-order valence-corrected chi connectivity index (χ1v) is 25.6. The number of carbonyl (C=O) groups excluding carboxylic acids is 4. The fraction of sp³-hybridized carbons (Fsp3) is 0.755. The lowest BCUT2D eigenvalue weighted by Gasteiger charge is -2.29. The van der Waals surface area contributed by atoms with Gasteiger partial charge in [0, 0.05) is 77.8 Å². The second-order valence-corrected chi connectivity index (χ2v) is 18.3. The number of carboxylic acid groups (broad SMARTS) is 2. The quantitative estimate of drug-likeness (QED) is 0.0232. The van der Waals surface area contributed by atoms with Crippen molar-refractivity contribution in [2.24, 2.45) is 17.8 Å². The number of rotatable bonds is 35. The Bertz CT molecular complexity index is 1690. The van der Waals surface area contributed by atoms with Crippen molar-refractivity contribution in [3.05, 3.63) is 29.8 Å². The summed E-state index contributed by atoms with van der Waals surface area (Å²) in [6, 6.07) is 6.43. The molecule has 0 radical (unpaired) electrons. The Morgan fingerprint density at radius 2 is 1.15 bits per heavy atom. The molecule has 0 spiro atoms. The van der Waals surface area contributed by atoms with E-state index in [1.165, 1.54) is 0 Å². The van der Waals surface area contributed by atoms with Gasteiger partial charge in [-0.05, 0) is 55.8 Å². The first-order valence-electron chi connectivity index (χ1n) is 25.6. The minimum atomic E-state index is -0.954. The van der Waals surface area contributed by atoms with Gasteiger partial charge in [-0.2, -0.15) is 0 Å². The smallest absolute Gasteiger partial charge is 0.317 e. The van der Waals surface area contributed by atoms with Gasteiger partial charge < -0.3 is 64.6 Å². The molecule has 1 saturated heterocycles. The summed E-state index contributed by atoms with van der Waals surface area (Å²) in [4.78, 5) is 80.3. The van der Waals surface area contributed by atoms with Gasteiger partial charge in [-0.1, -0.05) is 26.0 Å². The number of aliphatic carboxylic acids is 2. The lowest BCUT2D eigenvalue weighted by atomic mass is 9.81. The molecule has 3 atom stereocenters. The van der Waals surface area contributed by atoms with Crippen molar-refractivity contribution < 1.29 is 77.3 Å². The third-order valence-electron chi connectivity index (χ3n) is 11.9. The maximum atomic E-state index is 13.7. The van der Waals surface area contributed by atoms with Gasteiger partial charge in [0.15, 0.2) is 0 Å². The summed E-state index contributed by atoms with van der Waals surface area (Å²) in [5.74, 6) is -4.36. The molecule has 0 aliphatic carbocycles. The van der Waals surface area contributed by atoms with Crippen molar-refractivity contribution in [1.82, 2.24) is 41.4 Å². The van der Waals surface area contributed by atoms with Gasteiger partial charge in [-0.25, -0.2) is 5.48 Å². The van der Waals surface area contributed by atoms with Crippen LogP contribution in [0.1, 0.15) is 45.1 Å². The molecule has 3 aliphatic rings. The average Bonchev–Trinajstić information content (AvgIpc) is 3.44. The molecule has 2 bridgehead atoms. The van der Waals surface area contributed by atoms with Gasteiger partial charge in [0.1, 0.15) is 11.8 Å². The van der Waals surface area contributed by atoms with Crippen LogP contribution in [-0.2, 0) is 63.6 Å². The highest BCUT2D eigenvalue weighted by Crippen LogP contribution is 2.27. The van der Waals surface area contributed by atoms with E-state index in [-0.39, 0.29) is 56.9 Å². The predicted octanol–water partition coefficient (Wildman–Crippen LogP) is -0.929. The SMILES string of the molecule is CC(C)C[C@H]1C(=O)N[C@H](C(=O)NCCOCCOCCOCCNCCCOCCOCCOCCNC(=O)CN2CCN(CC(=O)O)CCN(CC(=O)O)CC2)Cc2ccc(cc2)OCCC[C@@H]1C(=O)NO. The molecule has 0 unspecified atom stereocenters. The van der Waals surface area contributed by atoms with E-state index in [1.54, 1.807) is 15.3 Å². The second-order valence-electron chi connectivity index (χ2n) is 18.3. The summed E-state index contributed by atoms with van der Waals surface area (Å²) in [6.45, 7) is 13.7. The third kappa shape index (κ3) is 29.8. The van der Waals surface area contributed by atoms with Crippen LogP contribution < -0.4 is 31.5 Å². The number of benzene rings is 1. The third-order valence-corrected chi connectivity index (χ3v) is 11.9. The topological polar surface area (TPSA) is 298 Å². The summed E-state index contributed by atoms with van der Waals surface area (Å²) in [5, 5.41) is 39.8. The van der Waals surface area contributed by atoms with Gasteiger partial charge in [-0.15, -0.1) is 0 Å². The average molecular weight is 1040 g/mol. The summed E-state index contributed by atoms with van der Waals surface area (Å²) in [5.41, 5.74) is 2.55. The van der Waals surface area contributed by atoms with E-state index in [0.29, 0.717) is 157 Å². The Hall–Kier alpha value is -4.60. The monoisotopic (exact) mass is 1040 g/mol. The van der Waals surface area contributed by atoms with Gasteiger partial charge >= 0.3 is 11.9 Å². The fourth-order valence-electron chi connectivity index (χ4n) is 8.08. The minimum absolute atomic E-state index is 0.0816. The number of hydrogen-bond acceptors (Lipinski definition) is 18. The largest absolute Gasteiger partial charge is 0.494 e. The first-order chi connectivity index (χ1) is 35.3. The second kappa shape index (κ2) is 38.9. The van der Waals surface area contributed by atoms with Crippen molar-refractivity contribution in [3.63, 3.8) is 0 Å². The van der Waals surface area contributed by atoms with Crippen LogP contribution in [0.4, 0.5) is 0 Å². The molecule has 73 heavy (non-hydrogen) atoms. The molecule has 1 aromatic rings. The molecule has 3 heterocycles. The Morgan fingerprint density at radius 3 is 1.67 bits per heavy atom. The lowest BCUT2D eigenvalue weighted by molar-refractivity contribution is -0.142. The van der Waals surface area contributed by atoms with Crippen molar-refractivity contribution >= 4 is 35.6 Å². The van der Waals surface area contributed by atoms with Crippen LogP contribution in [0.15, 0.2) is 24.3 Å². The Kier molecular flexibility index (Phi) is 33.4. The minimum Gasteiger partial charge on any atom is -0.494 e. The molecule has 8 N–H and O–H groups in total. The van der Waals surface area contributed by atoms with Gasteiger partial charge in [0.05, 0.1) is 105 Å². The zero-order chi connectivity index (χ0) is 52.9. The number of nitrogens with one attached hydrogen (secondary N) is 5. The van der Waals surface area contributed by atoms with E-state index in [2.05, 4.69) is 21.3 Å². The fourth-order valence-corrected chi connectivity index (χ4v) is 8.08. The van der Waals surface area contributed by atoms with Crippen LogP contribution in [0.5, 0.6) is 5.75 Å². The van der Waals surface area contributed by atoms with Crippen LogP contribution >= 0.6 is 0 Å². The maximum Gasteiger partial charge on any atom is 0.317 e. The van der Waals surface area contributed by atoms with Gasteiger partial charge in [0.25, 0.3) is 0 Å². The van der Waals surface area contributed by atoms with Crippen molar-refractivity contribution in [1.29, 1.82) is 0 Å². The first kappa shape index (κ1) is 62.7. The Labute approximate surface area is 429 Å². The number of hydrogen-bond donors (Lipinski definition) is 8. The molecule has 4 rings (SSSR count). The molecule has 4 amide bonds. The lowest BCUT2D eigenvalue weighted by Crippen LogP contribution is -2.52. The van der Waals surface area contributed by atoms with Gasteiger partial charge in [0.2, 0.25) is 23.6 Å². The van der Waals surface area contributed by atoms with E-state index in [4.69, 9.17) is 33.2 Å². The van der Waals surface area contributed by atoms with E-state index in [0.717, 1.165) is 18.5 Å². The van der Waals surface area contributed by atoms with Crippen LogP contribution in [-0.4, -0.2) is 243 Å². The van der Waals surface area contributed by atoms with Crippen molar-refractivity contribution in [2.75, 3.05) is 171 Å². The highest BCUT2D eigenvalue weighted by molar-refractivity contribution is 5.91. The number of fused-ring (bicyclic) bond motifs is 11. The molecule has 1 aromatic carbocycles. The number of hydroxylamine groups is 1. The van der Waals surface area contributed by atoms with Crippen LogP contribution in [0, 0.1) is 17.8 Å². The molecule has 416 valence electrons. The Morgan fingerprint density at radius 1 is 0.658 bits per heavy atom. The highest BCUT2D eigenvalue weighted by Gasteiger charge is 2.36. The van der Waals surface area contributed by atoms with E-state index >= 15 is 0 Å².